The van der Waals surface area contributed by atoms with Crippen molar-refractivity contribution in [1.82, 2.24) is 10.2 Å². The summed E-state index contributed by atoms with van der Waals surface area (Å²) in [5.74, 6) is -0.774. The number of piperazine rings is 1. The molecule has 2 amide bonds. The van der Waals surface area contributed by atoms with E-state index in [0.717, 1.165) is 4.90 Å². The van der Waals surface area contributed by atoms with Gasteiger partial charge in [0.2, 0.25) is 11.8 Å². The molecule has 1 rings (SSSR count). The molecule has 0 radical (unpaired) electrons. The zero-order valence-electron chi connectivity index (χ0n) is 11.0. The standard InChI is InChI=1S/C11H17F3N2O3/c1-4-7-8(17)15-10(2,3)9(18)16(7)5-6-19-11(12,13)14/h7H,4-6H2,1-3H3,(H,15,17). The van der Waals surface area contributed by atoms with Gasteiger partial charge in [-0.15, -0.1) is 13.2 Å². The summed E-state index contributed by atoms with van der Waals surface area (Å²) < 4.78 is 39.4. The van der Waals surface area contributed by atoms with Crippen molar-refractivity contribution >= 4 is 11.8 Å². The molecule has 1 heterocycles. The summed E-state index contributed by atoms with van der Waals surface area (Å²) in [6, 6.07) is -0.752. The molecule has 1 unspecified atom stereocenters. The van der Waals surface area contributed by atoms with Crippen LogP contribution in [0.25, 0.3) is 0 Å². The van der Waals surface area contributed by atoms with Gasteiger partial charge in [-0.3, -0.25) is 14.3 Å². The molecule has 1 fully saturated rings. The van der Waals surface area contributed by atoms with Crippen LogP contribution in [0, 0.1) is 0 Å². The van der Waals surface area contributed by atoms with Crippen LogP contribution in [0.15, 0.2) is 0 Å². The van der Waals surface area contributed by atoms with Gasteiger partial charge in [0.15, 0.2) is 0 Å². The molecular formula is C11H17F3N2O3. The Kier molecular flexibility index (Phi) is 4.44. The Bertz CT molecular complexity index is 369. The van der Waals surface area contributed by atoms with Gasteiger partial charge in [-0.1, -0.05) is 6.92 Å². The largest absolute Gasteiger partial charge is 0.522 e. The lowest BCUT2D eigenvalue weighted by Gasteiger charge is -2.42. The van der Waals surface area contributed by atoms with E-state index < -0.39 is 30.5 Å². The number of nitrogens with zero attached hydrogens (tertiary/aromatic N) is 1. The summed E-state index contributed by atoms with van der Waals surface area (Å²) in [5, 5.41) is 2.55. The second-order valence-corrected chi connectivity index (χ2v) is 4.83. The number of carbonyl (C=O) groups is 2. The van der Waals surface area contributed by atoms with Crippen LogP contribution in [0.1, 0.15) is 27.2 Å². The highest BCUT2D eigenvalue weighted by Crippen LogP contribution is 2.21. The van der Waals surface area contributed by atoms with E-state index in [4.69, 9.17) is 0 Å². The molecule has 0 saturated carbocycles. The fourth-order valence-electron chi connectivity index (χ4n) is 2.01. The molecule has 110 valence electrons. The fraction of sp³-hybridized carbons (Fsp3) is 0.818. The third-order valence-electron chi connectivity index (χ3n) is 2.89. The highest BCUT2D eigenvalue weighted by molar-refractivity contribution is 5.99. The van der Waals surface area contributed by atoms with Gasteiger partial charge in [-0.05, 0) is 20.3 Å². The predicted molar refractivity (Wildman–Crippen MR) is 60.0 cm³/mol. The Morgan fingerprint density at radius 1 is 1.37 bits per heavy atom. The average molecular weight is 282 g/mol. The number of carbonyl (C=O) groups excluding carboxylic acids is 2. The number of rotatable bonds is 4. The monoisotopic (exact) mass is 282 g/mol. The lowest BCUT2D eigenvalue weighted by molar-refractivity contribution is -0.325. The number of hydrogen-bond donors (Lipinski definition) is 1. The molecule has 0 aromatic carbocycles. The molecule has 0 aromatic heterocycles. The number of alkyl halides is 3. The van der Waals surface area contributed by atoms with Crippen molar-refractivity contribution in [2.75, 3.05) is 13.2 Å². The van der Waals surface area contributed by atoms with Crippen LogP contribution < -0.4 is 5.32 Å². The molecule has 19 heavy (non-hydrogen) atoms. The summed E-state index contributed by atoms with van der Waals surface area (Å²) in [6.07, 6.45) is -4.40. The van der Waals surface area contributed by atoms with Crippen LogP contribution in [0.2, 0.25) is 0 Å². The minimum atomic E-state index is -4.74. The van der Waals surface area contributed by atoms with Gasteiger partial charge in [0.1, 0.15) is 11.6 Å². The van der Waals surface area contributed by atoms with Crippen molar-refractivity contribution in [1.29, 1.82) is 0 Å². The normalized spacial score (nSPS) is 23.5. The summed E-state index contributed by atoms with van der Waals surface area (Å²) in [5.41, 5.74) is -1.11. The van der Waals surface area contributed by atoms with Crippen LogP contribution in [-0.4, -0.2) is 47.8 Å². The van der Waals surface area contributed by atoms with E-state index in [1.54, 1.807) is 6.92 Å². The second-order valence-electron chi connectivity index (χ2n) is 4.83. The first kappa shape index (κ1) is 15.7. The van der Waals surface area contributed by atoms with E-state index in [0.29, 0.717) is 6.42 Å². The van der Waals surface area contributed by atoms with Gasteiger partial charge >= 0.3 is 6.36 Å². The summed E-state index contributed by atoms with van der Waals surface area (Å²) >= 11 is 0. The molecule has 1 saturated heterocycles. The van der Waals surface area contributed by atoms with Crippen LogP contribution >= 0.6 is 0 Å². The Morgan fingerprint density at radius 3 is 2.42 bits per heavy atom. The second kappa shape index (κ2) is 5.36. The van der Waals surface area contributed by atoms with Gasteiger partial charge < -0.3 is 10.2 Å². The molecule has 1 aliphatic rings. The molecule has 0 bridgehead atoms. The number of hydrogen-bond acceptors (Lipinski definition) is 3. The highest BCUT2D eigenvalue weighted by Gasteiger charge is 2.44. The van der Waals surface area contributed by atoms with Crippen LogP contribution in [-0.2, 0) is 14.3 Å². The van der Waals surface area contributed by atoms with Gasteiger partial charge in [0.25, 0.3) is 0 Å². The van der Waals surface area contributed by atoms with Crippen LogP contribution in [0.3, 0.4) is 0 Å². The maximum atomic E-state index is 12.1. The van der Waals surface area contributed by atoms with Crippen molar-refractivity contribution in [3.8, 4) is 0 Å². The third kappa shape index (κ3) is 3.82. The van der Waals surface area contributed by atoms with Gasteiger partial charge in [0, 0.05) is 6.54 Å². The lowest BCUT2D eigenvalue weighted by atomic mass is 9.96. The molecule has 0 aliphatic carbocycles. The van der Waals surface area contributed by atoms with Gasteiger partial charge in [0.05, 0.1) is 6.61 Å². The van der Waals surface area contributed by atoms with E-state index >= 15 is 0 Å². The topological polar surface area (TPSA) is 58.6 Å². The van der Waals surface area contributed by atoms with Crippen LogP contribution in [0.5, 0.6) is 0 Å². The van der Waals surface area contributed by atoms with Gasteiger partial charge in [-0.25, -0.2) is 0 Å². The van der Waals surface area contributed by atoms with E-state index in [9.17, 15) is 22.8 Å². The van der Waals surface area contributed by atoms with E-state index in [1.165, 1.54) is 13.8 Å². The molecule has 0 spiro atoms. The van der Waals surface area contributed by atoms with E-state index in [2.05, 4.69) is 10.1 Å². The summed E-state index contributed by atoms with van der Waals surface area (Å²) in [4.78, 5) is 25.0. The van der Waals surface area contributed by atoms with E-state index in [1.807, 2.05) is 0 Å². The number of halogens is 3. The van der Waals surface area contributed by atoms with Crippen molar-refractivity contribution in [2.45, 2.75) is 45.1 Å². The Balaban J connectivity index is 2.75. The summed E-state index contributed by atoms with van der Waals surface area (Å²) in [6.45, 7) is 3.75. The minimum absolute atomic E-state index is 0.270. The zero-order chi connectivity index (χ0) is 14.8. The average Bonchev–Trinajstić information content (AvgIpc) is 2.23. The first-order valence-corrected chi connectivity index (χ1v) is 5.92. The molecule has 1 aliphatic heterocycles. The van der Waals surface area contributed by atoms with Crippen LogP contribution in [0.4, 0.5) is 13.2 Å². The van der Waals surface area contributed by atoms with Crippen molar-refractivity contribution in [3.63, 3.8) is 0 Å². The first-order chi connectivity index (χ1) is 8.58. The molecular weight excluding hydrogens is 265 g/mol. The Morgan fingerprint density at radius 2 is 1.95 bits per heavy atom. The quantitative estimate of drug-likeness (QED) is 0.838. The SMILES string of the molecule is CCC1C(=O)NC(C)(C)C(=O)N1CCOC(F)(F)F. The maximum Gasteiger partial charge on any atom is 0.522 e. The van der Waals surface area contributed by atoms with Crippen molar-refractivity contribution in [2.24, 2.45) is 0 Å². The Labute approximate surface area is 109 Å². The number of ether oxygens (including phenoxy) is 1. The molecule has 8 heteroatoms. The number of nitrogens with one attached hydrogen (secondary N) is 1. The minimum Gasteiger partial charge on any atom is -0.340 e. The smallest absolute Gasteiger partial charge is 0.340 e. The zero-order valence-corrected chi connectivity index (χ0v) is 11.0. The number of amides is 2. The van der Waals surface area contributed by atoms with Gasteiger partial charge in [-0.2, -0.15) is 0 Å². The van der Waals surface area contributed by atoms with Crippen molar-refractivity contribution < 1.29 is 27.5 Å². The Hall–Kier alpha value is -1.31. The third-order valence-corrected chi connectivity index (χ3v) is 2.89. The van der Waals surface area contributed by atoms with Crippen molar-refractivity contribution in [3.05, 3.63) is 0 Å². The van der Waals surface area contributed by atoms with E-state index in [-0.39, 0.29) is 12.5 Å². The summed E-state index contributed by atoms with van der Waals surface area (Å²) in [7, 11) is 0. The fourth-order valence-corrected chi connectivity index (χ4v) is 2.01. The highest BCUT2D eigenvalue weighted by atomic mass is 19.4. The predicted octanol–water partition coefficient (Wildman–Crippen LogP) is 1.04. The molecule has 0 aromatic rings. The first-order valence-electron chi connectivity index (χ1n) is 5.92. The molecule has 1 atom stereocenters. The molecule has 5 nitrogen and oxygen atoms in total. The maximum absolute atomic E-state index is 12.1. The lowest BCUT2D eigenvalue weighted by Crippen LogP contribution is -2.68. The molecule has 1 N–H and O–H groups in total.